The Balaban J connectivity index is 2.58. The van der Waals surface area contributed by atoms with Gasteiger partial charge in [0.2, 0.25) is 0 Å². The first-order valence-electron chi connectivity index (χ1n) is 6.11. The van der Waals surface area contributed by atoms with Crippen LogP contribution in [0.15, 0.2) is 30.5 Å². The first-order chi connectivity index (χ1) is 9.71. The van der Waals surface area contributed by atoms with Crippen LogP contribution in [0.3, 0.4) is 0 Å². The van der Waals surface area contributed by atoms with E-state index >= 15 is 0 Å². The van der Waals surface area contributed by atoms with Crippen molar-refractivity contribution < 1.29 is 9.47 Å². The number of aromatic nitrogens is 2. The van der Waals surface area contributed by atoms with E-state index in [4.69, 9.17) is 9.47 Å². The van der Waals surface area contributed by atoms with Gasteiger partial charge in [0.25, 0.3) is 0 Å². The second-order valence-corrected chi connectivity index (χ2v) is 4.27. The number of nitrogens with zero attached hydrogens (tertiary/aromatic N) is 3. The quantitative estimate of drug-likeness (QED) is 0.852. The Labute approximate surface area is 117 Å². The summed E-state index contributed by atoms with van der Waals surface area (Å²) in [5, 5.41) is 17.4. The van der Waals surface area contributed by atoms with Crippen LogP contribution in [0.1, 0.15) is 22.7 Å². The molecule has 5 nitrogen and oxygen atoms in total. The van der Waals surface area contributed by atoms with Gasteiger partial charge in [-0.2, -0.15) is 15.5 Å². The average molecular weight is 269 g/mol. The van der Waals surface area contributed by atoms with E-state index in [0.29, 0.717) is 17.2 Å². The second-order valence-electron chi connectivity index (χ2n) is 4.27. The Bertz CT molecular complexity index is 636. The minimum absolute atomic E-state index is 0.524. The summed E-state index contributed by atoms with van der Waals surface area (Å²) in [6, 6.07) is 9.45. The molecule has 0 aliphatic rings. The third kappa shape index (κ3) is 2.54. The summed E-state index contributed by atoms with van der Waals surface area (Å²) in [6.07, 6.45) is 1.58. The van der Waals surface area contributed by atoms with Crippen LogP contribution < -0.4 is 9.47 Å². The van der Waals surface area contributed by atoms with Crippen molar-refractivity contribution in [2.24, 2.45) is 0 Å². The van der Waals surface area contributed by atoms with Crippen molar-refractivity contribution in [1.29, 1.82) is 5.26 Å². The van der Waals surface area contributed by atoms with Crippen LogP contribution in [0.2, 0.25) is 0 Å². The average Bonchev–Trinajstić information content (AvgIpc) is 2.50. The van der Waals surface area contributed by atoms with Crippen LogP contribution in [-0.4, -0.2) is 24.4 Å². The molecule has 0 radical (unpaired) electrons. The Morgan fingerprint density at radius 2 is 2.05 bits per heavy atom. The molecule has 0 saturated carbocycles. The lowest BCUT2D eigenvalue weighted by molar-refractivity contribution is 0.390. The molecule has 20 heavy (non-hydrogen) atoms. The van der Waals surface area contributed by atoms with Crippen LogP contribution in [0.5, 0.6) is 11.5 Å². The number of benzene rings is 1. The molecule has 0 aliphatic heterocycles. The molecule has 1 heterocycles. The van der Waals surface area contributed by atoms with Crippen molar-refractivity contribution in [3.63, 3.8) is 0 Å². The molecule has 5 heteroatoms. The van der Waals surface area contributed by atoms with Gasteiger partial charge in [-0.1, -0.05) is 0 Å². The van der Waals surface area contributed by atoms with Gasteiger partial charge in [0.15, 0.2) is 0 Å². The maximum absolute atomic E-state index is 9.50. The summed E-state index contributed by atoms with van der Waals surface area (Å²) in [7, 11) is 3.17. The third-order valence-electron chi connectivity index (χ3n) is 3.08. The molecule has 1 unspecified atom stereocenters. The smallest absolute Gasteiger partial charge is 0.127 e. The van der Waals surface area contributed by atoms with Crippen molar-refractivity contribution in [3.05, 3.63) is 47.3 Å². The Morgan fingerprint density at radius 1 is 1.25 bits per heavy atom. The van der Waals surface area contributed by atoms with Gasteiger partial charge in [0, 0.05) is 17.8 Å². The van der Waals surface area contributed by atoms with E-state index in [1.165, 1.54) is 0 Å². The molecule has 2 rings (SSSR count). The van der Waals surface area contributed by atoms with Crippen LogP contribution in [0.4, 0.5) is 0 Å². The van der Waals surface area contributed by atoms with Gasteiger partial charge in [0.05, 0.1) is 26.0 Å². The minimum Gasteiger partial charge on any atom is -0.497 e. The summed E-state index contributed by atoms with van der Waals surface area (Å²) in [5.41, 5.74) is 2.30. The van der Waals surface area contributed by atoms with Crippen molar-refractivity contribution >= 4 is 0 Å². The highest BCUT2D eigenvalue weighted by molar-refractivity contribution is 5.52. The van der Waals surface area contributed by atoms with Gasteiger partial charge in [0.1, 0.15) is 17.4 Å². The predicted molar refractivity (Wildman–Crippen MR) is 73.8 cm³/mol. The molecule has 1 aromatic heterocycles. The van der Waals surface area contributed by atoms with Crippen LogP contribution >= 0.6 is 0 Å². The molecule has 1 atom stereocenters. The van der Waals surface area contributed by atoms with E-state index in [2.05, 4.69) is 16.3 Å². The molecule has 1 aromatic carbocycles. The Hall–Kier alpha value is -2.61. The summed E-state index contributed by atoms with van der Waals surface area (Å²) in [4.78, 5) is 0. The maximum atomic E-state index is 9.50. The second kappa shape index (κ2) is 6.02. The highest BCUT2D eigenvalue weighted by Gasteiger charge is 2.22. The fraction of sp³-hybridized carbons (Fsp3) is 0.267. The zero-order valence-corrected chi connectivity index (χ0v) is 11.6. The SMILES string of the molecule is COc1cc(C)c(C(C#N)c2cccnn2)c(OC)c1. The number of ether oxygens (including phenoxy) is 2. The van der Waals surface area contributed by atoms with Crippen molar-refractivity contribution in [3.8, 4) is 17.6 Å². The minimum atomic E-state index is -0.524. The van der Waals surface area contributed by atoms with E-state index in [1.54, 1.807) is 38.6 Å². The lowest BCUT2D eigenvalue weighted by atomic mass is 9.92. The number of hydrogen-bond donors (Lipinski definition) is 0. The molecule has 0 bridgehead atoms. The topological polar surface area (TPSA) is 68.0 Å². The standard InChI is InChI=1S/C15H15N3O2/c1-10-7-11(19-2)8-14(20-3)15(10)12(9-16)13-5-4-6-17-18-13/h4-8,12H,1-3H3. The van der Waals surface area contributed by atoms with Crippen LogP contribution in [0.25, 0.3) is 0 Å². The van der Waals surface area contributed by atoms with Gasteiger partial charge < -0.3 is 9.47 Å². The fourth-order valence-corrected chi connectivity index (χ4v) is 2.14. The zero-order chi connectivity index (χ0) is 14.5. The zero-order valence-electron chi connectivity index (χ0n) is 11.6. The number of methoxy groups -OCH3 is 2. The summed E-state index contributed by atoms with van der Waals surface area (Å²) in [5.74, 6) is 0.780. The largest absolute Gasteiger partial charge is 0.497 e. The van der Waals surface area contributed by atoms with E-state index in [9.17, 15) is 5.26 Å². The van der Waals surface area contributed by atoms with Crippen molar-refractivity contribution in [1.82, 2.24) is 10.2 Å². The molecule has 2 aromatic rings. The molecule has 0 N–H and O–H groups in total. The first-order valence-corrected chi connectivity index (χ1v) is 6.11. The van der Waals surface area contributed by atoms with E-state index in [1.807, 2.05) is 13.0 Å². The number of aryl methyl sites for hydroxylation is 1. The third-order valence-corrected chi connectivity index (χ3v) is 3.08. The Morgan fingerprint density at radius 3 is 2.60 bits per heavy atom. The van der Waals surface area contributed by atoms with Crippen molar-refractivity contribution in [2.45, 2.75) is 12.8 Å². The Kier molecular flexibility index (Phi) is 4.16. The van der Waals surface area contributed by atoms with Gasteiger partial charge in [-0.3, -0.25) is 0 Å². The summed E-state index contributed by atoms with van der Waals surface area (Å²) < 4.78 is 10.6. The lowest BCUT2D eigenvalue weighted by Crippen LogP contribution is -2.06. The fourth-order valence-electron chi connectivity index (χ4n) is 2.14. The molecule has 102 valence electrons. The lowest BCUT2D eigenvalue weighted by Gasteiger charge is -2.17. The van der Waals surface area contributed by atoms with E-state index in [0.717, 1.165) is 11.1 Å². The highest BCUT2D eigenvalue weighted by atomic mass is 16.5. The normalized spacial score (nSPS) is 11.5. The van der Waals surface area contributed by atoms with Gasteiger partial charge in [-0.25, -0.2) is 0 Å². The molecule has 0 saturated heterocycles. The molecule has 0 spiro atoms. The number of nitriles is 1. The molecule has 0 amide bonds. The van der Waals surface area contributed by atoms with Gasteiger partial charge in [-0.05, 0) is 30.7 Å². The van der Waals surface area contributed by atoms with E-state index in [-0.39, 0.29) is 0 Å². The predicted octanol–water partition coefficient (Wildman–Crippen LogP) is 2.46. The number of hydrogen-bond acceptors (Lipinski definition) is 5. The van der Waals surface area contributed by atoms with Crippen LogP contribution in [-0.2, 0) is 0 Å². The molecule has 0 aliphatic carbocycles. The number of rotatable bonds is 4. The van der Waals surface area contributed by atoms with Crippen LogP contribution in [0, 0.1) is 18.3 Å². The van der Waals surface area contributed by atoms with Crippen molar-refractivity contribution in [2.75, 3.05) is 14.2 Å². The highest BCUT2D eigenvalue weighted by Crippen LogP contribution is 2.36. The first kappa shape index (κ1) is 13.8. The molecular weight excluding hydrogens is 254 g/mol. The molecule has 0 fully saturated rings. The van der Waals surface area contributed by atoms with Gasteiger partial charge in [-0.15, -0.1) is 0 Å². The maximum Gasteiger partial charge on any atom is 0.127 e. The molecular formula is C15H15N3O2. The summed E-state index contributed by atoms with van der Waals surface area (Å²) >= 11 is 0. The van der Waals surface area contributed by atoms with Gasteiger partial charge >= 0.3 is 0 Å². The summed E-state index contributed by atoms with van der Waals surface area (Å²) in [6.45, 7) is 1.92. The monoisotopic (exact) mass is 269 g/mol. The van der Waals surface area contributed by atoms with E-state index < -0.39 is 5.92 Å².